The van der Waals surface area contributed by atoms with Gasteiger partial charge < -0.3 is 19.9 Å². The molecule has 0 atom stereocenters. The zero-order valence-corrected chi connectivity index (χ0v) is 18.0. The molecule has 1 saturated heterocycles. The summed E-state index contributed by atoms with van der Waals surface area (Å²) in [6.45, 7) is 5.05. The second-order valence-electron chi connectivity index (χ2n) is 7.12. The first-order valence-electron chi connectivity index (χ1n) is 10.3. The molecule has 1 fully saturated rings. The maximum absolute atomic E-state index is 12.7. The van der Waals surface area contributed by atoms with Crippen LogP contribution < -0.4 is 15.0 Å². The fourth-order valence-electron chi connectivity index (χ4n) is 3.45. The van der Waals surface area contributed by atoms with Crippen molar-refractivity contribution in [3.63, 3.8) is 0 Å². The van der Waals surface area contributed by atoms with E-state index in [9.17, 15) is 4.79 Å². The molecule has 0 unspecified atom stereocenters. The van der Waals surface area contributed by atoms with E-state index in [1.165, 1.54) is 0 Å². The van der Waals surface area contributed by atoms with Crippen molar-refractivity contribution in [1.82, 2.24) is 15.1 Å². The highest BCUT2D eigenvalue weighted by Crippen LogP contribution is 2.25. The van der Waals surface area contributed by atoms with Gasteiger partial charge >= 0.3 is 6.03 Å². The lowest BCUT2D eigenvalue weighted by Gasteiger charge is -2.35. The van der Waals surface area contributed by atoms with Crippen LogP contribution in [0.4, 0.5) is 16.3 Å². The van der Waals surface area contributed by atoms with Gasteiger partial charge in [-0.25, -0.2) is 4.79 Å². The fourth-order valence-corrected chi connectivity index (χ4v) is 3.58. The molecule has 7 nitrogen and oxygen atoms in total. The monoisotopic (exact) mass is 437 g/mol. The van der Waals surface area contributed by atoms with Gasteiger partial charge in [0.25, 0.3) is 0 Å². The highest BCUT2D eigenvalue weighted by atomic mass is 35.5. The maximum Gasteiger partial charge on any atom is 0.322 e. The Labute approximate surface area is 186 Å². The highest BCUT2D eigenvalue weighted by Gasteiger charge is 2.23. The molecule has 1 aromatic heterocycles. The minimum atomic E-state index is -0.129. The third-order valence-corrected chi connectivity index (χ3v) is 5.36. The van der Waals surface area contributed by atoms with Crippen LogP contribution in [0.3, 0.4) is 0 Å². The zero-order chi connectivity index (χ0) is 21.6. The summed E-state index contributed by atoms with van der Waals surface area (Å²) in [4.78, 5) is 16.6. The molecule has 0 saturated carbocycles. The quantitative estimate of drug-likeness (QED) is 0.634. The zero-order valence-electron chi connectivity index (χ0n) is 17.3. The average Bonchev–Trinajstić information content (AvgIpc) is 2.81. The van der Waals surface area contributed by atoms with Gasteiger partial charge in [0.05, 0.1) is 18.0 Å². The molecule has 0 bridgehead atoms. The first-order chi connectivity index (χ1) is 15.1. The van der Waals surface area contributed by atoms with Gasteiger partial charge in [0.1, 0.15) is 5.75 Å². The summed E-state index contributed by atoms with van der Waals surface area (Å²) in [5.41, 5.74) is 2.45. The molecule has 2 heterocycles. The van der Waals surface area contributed by atoms with Gasteiger partial charge in [-0.15, -0.1) is 10.2 Å². The van der Waals surface area contributed by atoms with E-state index in [4.69, 9.17) is 16.3 Å². The summed E-state index contributed by atoms with van der Waals surface area (Å²) < 4.78 is 5.58. The van der Waals surface area contributed by atoms with E-state index < -0.39 is 0 Å². The number of carbonyl (C=O) groups is 1. The van der Waals surface area contributed by atoms with Gasteiger partial charge in [0.2, 0.25) is 0 Å². The number of amides is 2. The number of hydrogen-bond donors (Lipinski definition) is 1. The molecule has 2 aromatic carbocycles. The number of piperazine rings is 1. The number of nitrogens with zero attached hydrogens (tertiary/aromatic N) is 4. The summed E-state index contributed by atoms with van der Waals surface area (Å²) >= 11 is 5.95. The predicted octanol–water partition coefficient (Wildman–Crippen LogP) is 4.55. The number of carbonyl (C=O) groups excluding carboxylic acids is 1. The molecule has 1 aliphatic rings. The van der Waals surface area contributed by atoms with Crippen LogP contribution >= 0.6 is 11.6 Å². The highest BCUT2D eigenvalue weighted by molar-refractivity contribution is 6.30. The number of aromatic nitrogens is 2. The standard InChI is InChI=1S/C23H24ClN5O2/c1-2-31-21-6-4-3-5-20(21)25-23(30)29-15-13-28(14-16-29)22-12-11-19(26-27-22)17-7-9-18(24)10-8-17/h3-12H,2,13-16H2,1H3,(H,25,30). The molecule has 0 radical (unpaired) electrons. The van der Waals surface area contributed by atoms with E-state index in [1.807, 2.05) is 67.6 Å². The number of anilines is 2. The van der Waals surface area contributed by atoms with Crippen LogP contribution in [-0.4, -0.2) is 53.9 Å². The Balaban J connectivity index is 1.34. The van der Waals surface area contributed by atoms with Crippen molar-refractivity contribution in [3.05, 3.63) is 65.7 Å². The Hall–Kier alpha value is -3.32. The first kappa shape index (κ1) is 20.9. The number of hydrogen-bond acceptors (Lipinski definition) is 5. The van der Waals surface area contributed by atoms with E-state index in [1.54, 1.807) is 4.90 Å². The number of para-hydroxylation sites is 2. The van der Waals surface area contributed by atoms with E-state index in [0.29, 0.717) is 49.2 Å². The molecule has 1 aliphatic heterocycles. The van der Waals surface area contributed by atoms with Crippen molar-refractivity contribution >= 4 is 29.1 Å². The number of nitrogens with one attached hydrogen (secondary N) is 1. The summed E-state index contributed by atoms with van der Waals surface area (Å²) in [6, 6.07) is 18.8. The molecule has 160 valence electrons. The Morgan fingerprint density at radius 3 is 2.42 bits per heavy atom. The van der Waals surface area contributed by atoms with Crippen molar-refractivity contribution in [2.75, 3.05) is 43.0 Å². The van der Waals surface area contributed by atoms with E-state index in [-0.39, 0.29) is 6.03 Å². The van der Waals surface area contributed by atoms with Gasteiger partial charge in [0, 0.05) is 36.8 Å². The third kappa shape index (κ3) is 5.06. The normalized spacial score (nSPS) is 13.7. The minimum absolute atomic E-state index is 0.129. The van der Waals surface area contributed by atoms with Crippen molar-refractivity contribution < 1.29 is 9.53 Å². The molecule has 1 N–H and O–H groups in total. The second-order valence-corrected chi connectivity index (χ2v) is 7.55. The molecule has 8 heteroatoms. The Morgan fingerprint density at radius 1 is 1.00 bits per heavy atom. The molecular weight excluding hydrogens is 414 g/mol. The number of halogens is 1. The van der Waals surface area contributed by atoms with Gasteiger partial charge in [-0.3, -0.25) is 0 Å². The lowest BCUT2D eigenvalue weighted by molar-refractivity contribution is 0.208. The number of benzene rings is 2. The summed E-state index contributed by atoms with van der Waals surface area (Å²) in [5.74, 6) is 1.48. The number of ether oxygens (including phenoxy) is 1. The molecule has 4 rings (SSSR count). The van der Waals surface area contributed by atoms with Gasteiger partial charge in [-0.2, -0.15) is 0 Å². The van der Waals surface area contributed by atoms with E-state index in [2.05, 4.69) is 20.4 Å². The number of urea groups is 1. The van der Waals surface area contributed by atoms with Crippen LogP contribution in [0.1, 0.15) is 6.92 Å². The van der Waals surface area contributed by atoms with Crippen molar-refractivity contribution in [2.45, 2.75) is 6.92 Å². The molecule has 0 aliphatic carbocycles. The predicted molar refractivity (Wildman–Crippen MR) is 123 cm³/mol. The van der Waals surface area contributed by atoms with Crippen molar-refractivity contribution in [2.24, 2.45) is 0 Å². The lowest BCUT2D eigenvalue weighted by atomic mass is 10.1. The van der Waals surface area contributed by atoms with Crippen LogP contribution in [0.25, 0.3) is 11.3 Å². The summed E-state index contributed by atoms with van der Waals surface area (Å²) in [6.07, 6.45) is 0. The average molecular weight is 438 g/mol. The van der Waals surface area contributed by atoms with Gasteiger partial charge in [-0.1, -0.05) is 35.9 Å². The largest absolute Gasteiger partial charge is 0.492 e. The van der Waals surface area contributed by atoms with Crippen LogP contribution in [0.2, 0.25) is 5.02 Å². The fraction of sp³-hybridized carbons (Fsp3) is 0.261. The van der Waals surface area contributed by atoms with Crippen molar-refractivity contribution in [3.8, 4) is 17.0 Å². The van der Waals surface area contributed by atoms with E-state index in [0.717, 1.165) is 17.1 Å². The van der Waals surface area contributed by atoms with Crippen LogP contribution in [0.5, 0.6) is 5.75 Å². The molecule has 2 amide bonds. The van der Waals surface area contributed by atoms with Crippen LogP contribution in [0, 0.1) is 0 Å². The summed E-state index contributed by atoms with van der Waals surface area (Å²) in [7, 11) is 0. The Bertz CT molecular complexity index is 1020. The second kappa shape index (κ2) is 9.66. The van der Waals surface area contributed by atoms with Crippen LogP contribution in [0.15, 0.2) is 60.7 Å². The first-order valence-corrected chi connectivity index (χ1v) is 10.6. The molecule has 3 aromatic rings. The molecular formula is C23H24ClN5O2. The third-order valence-electron chi connectivity index (χ3n) is 5.11. The SMILES string of the molecule is CCOc1ccccc1NC(=O)N1CCN(c2ccc(-c3ccc(Cl)cc3)nn2)CC1. The van der Waals surface area contributed by atoms with Gasteiger partial charge in [0.15, 0.2) is 5.82 Å². The molecule has 31 heavy (non-hydrogen) atoms. The minimum Gasteiger partial charge on any atom is -0.492 e. The van der Waals surface area contributed by atoms with E-state index >= 15 is 0 Å². The Kier molecular flexibility index (Phi) is 6.52. The smallest absolute Gasteiger partial charge is 0.322 e. The lowest BCUT2D eigenvalue weighted by Crippen LogP contribution is -2.50. The topological polar surface area (TPSA) is 70.6 Å². The molecule has 0 spiro atoms. The maximum atomic E-state index is 12.7. The number of rotatable bonds is 5. The van der Waals surface area contributed by atoms with Gasteiger partial charge in [-0.05, 0) is 43.3 Å². The summed E-state index contributed by atoms with van der Waals surface area (Å²) in [5, 5.41) is 12.4. The Morgan fingerprint density at radius 2 is 1.74 bits per heavy atom. The van der Waals surface area contributed by atoms with Crippen molar-refractivity contribution in [1.29, 1.82) is 0 Å². The van der Waals surface area contributed by atoms with Crippen LogP contribution in [-0.2, 0) is 0 Å².